The lowest BCUT2D eigenvalue weighted by molar-refractivity contribution is -0.141. The van der Waals surface area contributed by atoms with Crippen LogP contribution in [0.25, 0.3) is 17.2 Å². The van der Waals surface area contributed by atoms with Gasteiger partial charge in [-0.2, -0.15) is 0 Å². The fourth-order valence-corrected chi connectivity index (χ4v) is 4.77. The number of hydrogen-bond donors (Lipinski definition) is 0. The molecule has 0 spiro atoms. The first-order valence-corrected chi connectivity index (χ1v) is 10.3. The Balaban J connectivity index is 1.44. The van der Waals surface area contributed by atoms with E-state index in [1.54, 1.807) is 12.3 Å². The Morgan fingerprint density at radius 3 is 2.77 bits per heavy atom. The molecule has 30 heavy (non-hydrogen) atoms. The van der Waals surface area contributed by atoms with E-state index in [9.17, 15) is 9.18 Å². The molecule has 0 amide bonds. The molecule has 3 nitrogen and oxygen atoms in total. The van der Waals surface area contributed by atoms with Crippen LogP contribution in [0, 0.1) is 17.7 Å². The Bertz CT molecular complexity index is 1140. The van der Waals surface area contributed by atoms with Gasteiger partial charge in [-0.25, -0.2) is 4.39 Å². The monoisotopic (exact) mass is 419 g/mol. The standard InChI is InChI=1S/C25H19ClFNO2/c26-24-6-2-5-19-20(23-14-30-25(29)22(23)12-21(19)24)10-9-18-8-7-16(13-28-18)15-3-1-4-17(27)11-15/h1-11,13,20,22-23H,12,14H2/b10-9+/t20-,22-,23+/m0/s1. The fraction of sp³-hybridized carbons (Fsp3) is 0.200. The molecule has 1 aliphatic heterocycles. The summed E-state index contributed by atoms with van der Waals surface area (Å²) >= 11 is 6.43. The molecule has 2 aliphatic rings. The summed E-state index contributed by atoms with van der Waals surface area (Å²) in [6.45, 7) is 0.427. The average Bonchev–Trinajstić information content (AvgIpc) is 3.13. The van der Waals surface area contributed by atoms with E-state index < -0.39 is 0 Å². The number of fused-ring (bicyclic) bond motifs is 2. The van der Waals surface area contributed by atoms with Gasteiger partial charge in [-0.15, -0.1) is 0 Å². The topological polar surface area (TPSA) is 39.2 Å². The van der Waals surface area contributed by atoms with Gasteiger partial charge in [0.2, 0.25) is 0 Å². The maximum absolute atomic E-state index is 13.5. The van der Waals surface area contributed by atoms with Crippen LogP contribution in [-0.2, 0) is 16.0 Å². The van der Waals surface area contributed by atoms with Crippen molar-refractivity contribution in [2.45, 2.75) is 12.3 Å². The molecule has 1 aliphatic carbocycles. The molecule has 0 unspecified atom stereocenters. The molecule has 1 aromatic heterocycles. The molecule has 3 atom stereocenters. The number of hydrogen-bond acceptors (Lipinski definition) is 3. The molecule has 0 saturated carbocycles. The highest BCUT2D eigenvalue weighted by atomic mass is 35.5. The Morgan fingerprint density at radius 1 is 1.10 bits per heavy atom. The van der Waals surface area contributed by atoms with Crippen LogP contribution in [0.2, 0.25) is 5.02 Å². The van der Waals surface area contributed by atoms with Crippen molar-refractivity contribution in [1.29, 1.82) is 0 Å². The SMILES string of the molecule is O=C1OC[C@H]2[C@@H]1Cc1c(Cl)cccc1[C@@H]2/C=C/c1ccc(-c2cccc(F)c2)cn1. The Labute approximate surface area is 179 Å². The summed E-state index contributed by atoms with van der Waals surface area (Å²) in [4.78, 5) is 16.7. The minimum atomic E-state index is -0.269. The zero-order chi connectivity index (χ0) is 20.7. The molecular weight excluding hydrogens is 401 g/mol. The van der Waals surface area contributed by atoms with E-state index in [-0.39, 0.29) is 29.5 Å². The highest BCUT2D eigenvalue weighted by Crippen LogP contribution is 2.46. The lowest BCUT2D eigenvalue weighted by atomic mass is 9.70. The van der Waals surface area contributed by atoms with Gasteiger partial charge in [-0.1, -0.05) is 48.0 Å². The van der Waals surface area contributed by atoms with Crippen molar-refractivity contribution in [3.8, 4) is 11.1 Å². The van der Waals surface area contributed by atoms with E-state index in [1.165, 1.54) is 12.1 Å². The van der Waals surface area contributed by atoms with E-state index in [4.69, 9.17) is 16.3 Å². The lowest BCUT2D eigenvalue weighted by Gasteiger charge is -2.31. The van der Waals surface area contributed by atoms with Crippen molar-refractivity contribution in [3.63, 3.8) is 0 Å². The predicted molar refractivity (Wildman–Crippen MR) is 115 cm³/mol. The third kappa shape index (κ3) is 3.41. The van der Waals surface area contributed by atoms with Gasteiger partial charge in [-0.3, -0.25) is 9.78 Å². The number of carbonyl (C=O) groups is 1. The Hall–Kier alpha value is -2.98. The fourth-order valence-electron chi connectivity index (χ4n) is 4.51. The van der Waals surface area contributed by atoms with Gasteiger partial charge >= 0.3 is 5.97 Å². The smallest absolute Gasteiger partial charge is 0.309 e. The van der Waals surface area contributed by atoms with Crippen LogP contribution >= 0.6 is 11.6 Å². The number of carbonyl (C=O) groups excluding carboxylic acids is 1. The first-order chi connectivity index (χ1) is 14.6. The summed E-state index contributed by atoms with van der Waals surface area (Å²) in [5, 5.41) is 0.696. The van der Waals surface area contributed by atoms with Gasteiger partial charge in [0.15, 0.2) is 0 Å². The van der Waals surface area contributed by atoms with Crippen LogP contribution in [0.4, 0.5) is 4.39 Å². The second kappa shape index (κ2) is 7.69. The quantitative estimate of drug-likeness (QED) is 0.512. The van der Waals surface area contributed by atoms with Gasteiger partial charge in [0.05, 0.1) is 18.2 Å². The molecule has 2 heterocycles. The van der Waals surface area contributed by atoms with Gasteiger partial charge in [0, 0.05) is 28.6 Å². The summed E-state index contributed by atoms with van der Waals surface area (Å²) in [5.74, 6) is -0.425. The number of ether oxygens (including phenoxy) is 1. The van der Waals surface area contributed by atoms with Crippen molar-refractivity contribution >= 4 is 23.6 Å². The molecule has 2 aromatic carbocycles. The van der Waals surface area contributed by atoms with E-state index in [0.717, 1.165) is 27.9 Å². The summed E-state index contributed by atoms with van der Waals surface area (Å²) in [6, 6.07) is 16.2. The van der Waals surface area contributed by atoms with Crippen molar-refractivity contribution in [3.05, 3.63) is 94.5 Å². The molecule has 0 N–H and O–H groups in total. The largest absolute Gasteiger partial charge is 0.465 e. The number of allylic oxidation sites excluding steroid dienone is 1. The molecular formula is C25H19ClFNO2. The van der Waals surface area contributed by atoms with Gasteiger partial charge in [0.1, 0.15) is 5.82 Å². The van der Waals surface area contributed by atoms with E-state index in [0.29, 0.717) is 18.1 Å². The number of pyridine rings is 1. The predicted octanol–water partition coefficient (Wildman–Crippen LogP) is 5.68. The van der Waals surface area contributed by atoms with Crippen molar-refractivity contribution in [2.24, 2.45) is 11.8 Å². The normalized spacial score (nSPS) is 22.6. The number of rotatable bonds is 3. The zero-order valence-electron chi connectivity index (χ0n) is 16.1. The number of nitrogens with zero attached hydrogens (tertiary/aromatic N) is 1. The van der Waals surface area contributed by atoms with Gasteiger partial charge in [0.25, 0.3) is 0 Å². The minimum Gasteiger partial charge on any atom is -0.465 e. The summed E-state index contributed by atoms with van der Waals surface area (Å²) < 4.78 is 18.8. The second-order valence-corrected chi connectivity index (χ2v) is 8.19. The van der Waals surface area contributed by atoms with Crippen molar-refractivity contribution in [2.75, 3.05) is 6.61 Å². The van der Waals surface area contributed by atoms with Crippen molar-refractivity contribution in [1.82, 2.24) is 4.98 Å². The molecule has 0 bridgehead atoms. The van der Waals surface area contributed by atoms with E-state index >= 15 is 0 Å². The summed E-state index contributed by atoms with van der Waals surface area (Å²) in [6.07, 6.45) is 6.43. The van der Waals surface area contributed by atoms with E-state index in [2.05, 4.69) is 17.1 Å². The first kappa shape index (κ1) is 19.0. The van der Waals surface area contributed by atoms with Crippen LogP contribution in [-0.4, -0.2) is 17.6 Å². The van der Waals surface area contributed by atoms with Crippen LogP contribution in [0.1, 0.15) is 22.7 Å². The Morgan fingerprint density at radius 2 is 1.97 bits per heavy atom. The van der Waals surface area contributed by atoms with Gasteiger partial charge < -0.3 is 4.74 Å². The minimum absolute atomic E-state index is 0.0357. The van der Waals surface area contributed by atoms with Gasteiger partial charge in [-0.05, 0) is 53.5 Å². The molecule has 150 valence electrons. The molecule has 1 fully saturated rings. The highest BCUT2D eigenvalue weighted by molar-refractivity contribution is 6.31. The molecule has 1 saturated heterocycles. The number of cyclic esters (lactones) is 1. The zero-order valence-corrected chi connectivity index (χ0v) is 16.9. The van der Waals surface area contributed by atoms with E-state index in [1.807, 2.05) is 36.4 Å². The molecule has 5 heteroatoms. The summed E-state index contributed by atoms with van der Waals surface area (Å²) in [5.41, 5.74) is 4.62. The average molecular weight is 420 g/mol. The number of benzene rings is 2. The van der Waals surface area contributed by atoms with Crippen LogP contribution in [0.15, 0.2) is 66.9 Å². The molecule has 3 aromatic rings. The van der Waals surface area contributed by atoms with Crippen molar-refractivity contribution < 1.29 is 13.9 Å². The first-order valence-electron chi connectivity index (χ1n) is 9.94. The van der Waals surface area contributed by atoms with Crippen LogP contribution in [0.5, 0.6) is 0 Å². The van der Waals surface area contributed by atoms with Crippen LogP contribution < -0.4 is 0 Å². The highest BCUT2D eigenvalue weighted by Gasteiger charge is 2.45. The molecule has 0 radical (unpaired) electrons. The number of aromatic nitrogens is 1. The Kier molecular flexibility index (Phi) is 4.87. The lowest BCUT2D eigenvalue weighted by Crippen LogP contribution is -2.29. The maximum Gasteiger partial charge on any atom is 0.309 e. The second-order valence-electron chi connectivity index (χ2n) is 7.78. The third-order valence-corrected chi connectivity index (χ3v) is 6.41. The van der Waals surface area contributed by atoms with Crippen LogP contribution in [0.3, 0.4) is 0 Å². The number of esters is 1. The molecule has 5 rings (SSSR count). The summed E-state index contributed by atoms with van der Waals surface area (Å²) in [7, 11) is 0. The maximum atomic E-state index is 13.5. The third-order valence-electron chi connectivity index (χ3n) is 6.06. The number of halogens is 2.